The SMILES string of the molecule is CN=C(NCCCCCOC)Nc1ccc(OC)c(OC)c1. The number of rotatable bonds is 9. The number of hydrogen-bond acceptors (Lipinski definition) is 4. The van der Waals surface area contributed by atoms with E-state index in [2.05, 4.69) is 15.6 Å². The van der Waals surface area contributed by atoms with E-state index in [1.807, 2.05) is 18.2 Å². The van der Waals surface area contributed by atoms with Gasteiger partial charge in [-0.2, -0.15) is 0 Å². The Bertz CT molecular complexity index is 464. The summed E-state index contributed by atoms with van der Waals surface area (Å²) in [5.41, 5.74) is 0.894. The Morgan fingerprint density at radius 1 is 1.05 bits per heavy atom. The quantitative estimate of drug-likeness (QED) is 0.417. The first kappa shape index (κ1) is 18.1. The average molecular weight is 309 g/mol. The Morgan fingerprint density at radius 2 is 1.82 bits per heavy atom. The molecule has 6 nitrogen and oxygen atoms in total. The molecule has 0 saturated carbocycles. The molecule has 1 rings (SSSR count). The van der Waals surface area contributed by atoms with Crippen LogP contribution in [0.25, 0.3) is 0 Å². The second-order valence-corrected chi connectivity index (χ2v) is 4.75. The van der Waals surface area contributed by atoms with Crippen molar-refractivity contribution in [2.45, 2.75) is 19.3 Å². The summed E-state index contributed by atoms with van der Waals surface area (Å²) in [4.78, 5) is 4.21. The van der Waals surface area contributed by atoms with Crippen LogP contribution in [0.15, 0.2) is 23.2 Å². The molecule has 2 N–H and O–H groups in total. The van der Waals surface area contributed by atoms with Gasteiger partial charge in [0.15, 0.2) is 17.5 Å². The number of methoxy groups -OCH3 is 3. The van der Waals surface area contributed by atoms with E-state index >= 15 is 0 Å². The van der Waals surface area contributed by atoms with Gasteiger partial charge in [0.25, 0.3) is 0 Å². The lowest BCUT2D eigenvalue weighted by Crippen LogP contribution is -2.31. The highest BCUT2D eigenvalue weighted by atomic mass is 16.5. The average Bonchev–Trinajstić information content (AvgIpc) is 2.56. The van der Waals surface area contributed by atoms with Crippen molar-refractivity contribution in [1.29, 1.82) is 0 Å². The normalized spacial score (nSPS) is 11.2. The lowest BCUT2D eigenvalue weighted by molar-refractivity contribution is 0.192. The summed E-state index contributed by atoms with van der Waals surface area (Å²) in [6.45, 7) is 1.69. The van der Waals surface area contributed by atoms with E-state index in [1.165, 1.54) is 0 Å². The van der Waals surface area contributed by atoms with Crippen LogP contribution in [0.2, 0.25) is 0 Å². The third-order valence-corrected chi connectivity index (χ3v) is 3.19. The molecule has 0 atom stereocenters. The Labute approximate surface area is 132 Å². The molecule has 124 valence electrons. The number of guanidine groups is 1. The van der Waals surface area contributed by atoms with Gasteiger partial charge in [0.2, 0.25) is 0 Å². The predicted molar refractivity (Wildman–Crippen MR) is 90.3 cm³/mol. The summed E-state index contributed by atoms with van der Waals surface area (Å²) in [6.07, 6.45) is 3.30. The van der Waals surface area contributed by atoms with Crippen LogP contribution in [0.1, 0.15) is 19.3 Å². The van der Waals surface area contributed by atoms with Crippen molar-refractivity contribution in [3.63, 3.8) is 0 Å². The van der Waals surface area contributed by atoms with E-state index in [4.69, 9.17) is 14.2 Å². The minimum Gasteiger partial charge on any atom is -0.493 e. The second kappa shape index (κ2) is 10.7. The molecular weight excluding hydrogens is 282 g/mol. The Morgan fingerprint density at radius 3 is 2.45 bits per heavy atom. The highest BCUT2D eigenvalue weighted by Crippen LogP contribution is 2.29. The number of unbranched alkanes of at least 4 members (excludes halogenated alkanes) is 2. The fraction of sp³-hybridized carbons (Fsp3) is 0.562. The molecule has 0 heterocycles. The maximum absolute atomic E-state index is 5.29. The molecule has 1 aromatic carbocycles. The van der Waals surface area contributed by atoms with Gasteiger partial charge in [-0.25, -0.2) is 0 Å². The first-order valence-corrected chi connectivity index (χ1v) is 7.43. The topological polar surface area (TPSA) is 64.1 Å². The number of aliphatic imine (C=N–C) groups is 1. The molecule has 0 radical (unpaired) electrons. The monoisotopic (exact) mass is 309 g/mol. The van der Waals surface area contributed by atoms with Crippen LogP contribution in [0.4, 0.5) is 5.69 Å². The van der Waals surface area contributed by atoms with Crippen LogP contribution in [-0.4, -0.2) is 47.5 Å². The predicted octanol–water partition coefficient (Wildman–Crippen LogP) is 2.51. The van der Waals surface area contributed by atoms with Gasteiger partial charge in [-0.3, -0.25) is 4.99 Å². The highest BCUT2D eigenvalue weighted by molar-refractivity contribution is 5.93. The van der Waals surface area contributed by atoms with Crippen LogP contribution in [0.5, 0.6) is 11.5 Å². The van der Waals surface area contributed by atoms with Gasteiger partial charge >= 0.3 is 0 Å². The fourth-order valence-corrected chi connectivity index (χ4v) is 1.98. The lowest BCUT2D eigenvalue weighted by atomic mass is 10.2. The summed E-state index contributed by atoms with van der Waals surface area (Å²) >= 11 is 0. The summed E-state index contributed by atoms with van der Waals surface area (Å²) in [5.74, 6) is 2.12. The Balaban J connectivity index is 2.46. The maximum atomic E-state index is 5.29. The molecule has 22 heavy (non-hydrogen) atoms. The number of nitrogens with zero attached hydrogens (tertiary/aromatic N) is 1. The molecule has 0 fully saturated rings. The Kier molecular flexibility index (Phi) is 8.83. The molecule has 0 aliphatic heterocycles. The van der Waals surface area contributed by atoms with Crippen molar-refractivity contribution in [3.05, 3.63) is 18.2 Å². The van der Waals surface area contributed by atoms with Crippen molar-refractivity contribution in [1.82, 2.24) is 5.32 Å². The largest absolute Gasteiger partial charge is 0.493 e. The lowest BCUT2D eigenvalue weighted by Gasteiger charge is -2.14. The van der Waals surface area contributed by atoms with Crippen LogP contribution < -0.4 is 20.1 Å². The zero-order valence-electron chi connectivity index (χ0n) is 13.9. The molecule has 6 heteroatoms. The van der Waals surface area contributed by atoms with E-state index in [0.717, 1.165) is 44.1 Å². The van der Waals surface area contributed by atoms with Gasteiger partial charge in [-0.05, 0) is 31.4 Å². The molecule has 0 amide bonds. The summed E-state index contributed by atoms with van der Waals surface area (Å²) < 4.78 is 15.5. The van der Waals surface area contributed by atoms with E-state index in [0.29, 0.717) is 11.5 Å². The maximum Gasteiger partial charge on any atom is 0.195 e. The third-order valence-electron chi connectivity index (χ3n) is 3.19. The fourth-order valence-electron chi connectivity index (χ4n) is 1.98. The number of benzene rings is 1. The van der Waals surface area contributed by atoms with Crippen molar-refractivity contribution in [3.8, 4) is 11.5 Å². The van der Waals surface area contributed by atoms with Gasteiger partial charge in [0.05, 0.1) is 14.2 Å². The van der Waals surface area contributed by atoms with Crippen molar-refractivity contribution in [2.75, 3.05) is 46.8 Å². The summed E-state index contributed by atoms with van der Waals surface area (Å²) in [7, 11) is 6.72. The third kappa shape index (κ3) is 6.22. The summed E-state index contributed by atoms with van der Waals surface area (Å²) in [6, 6.07) is 5.66. The molecule has 1 aromatic rings. The van der Waals surface area contributed by atoms with Gasteiger partial charge in [0, 0.05) is 39.1 Å². The van der Waals surface area contributed by atoms with Gasteiger partial charge in [-0.1, -0.05) is 0 Å². The number of nitrogens with one attached hydrogen (secondary N) is 2. The van der Waals surface area contributed by atoms with Crippen molar-refractivity contribution < 1.29 is 14.2 Å². The number of ether oxygens (including phenoxy) is 3. The molecule has 0 aliphatic carbocycles. The first-order valence-electron chi connectivity index (χ1n) is 7.43. The van der Waals surface area contributed by atoms with Crippen LogP contribution in [0.3, 0.4) is 0 Å². The van der Waals surface area contributed by atoms with Crippen molar-refractivity contribution in [2.24, 2.45) is 4.99 Å². The molecule has 0 aromatic heterocycles. The second-order valence-electron chi connectivity index (χ2n) is 4.75. The zero-order chi connectivity index (χ0) is 16.2. The van der Waals surface area contributed by atoms with Gasteiger partial charge < -0.3 is 24.8 Å². The van der Waals surface area contributed by atoms with E-state index in [-0.39, 0.29) is 0 Å². The molecule has 0 bridgehead atoms. The van der Waals surface area contributed by atoms with Crippen LogP contribution >= 0.6 is 0 Å². The molecule has 0 unspecified atom stereocenters. The van der Waals surface area contributed by atoms with Gasteiger partial charge in [-0.15, -0.1) is 0 Å². The van der Waals surface area contributed by atoms with Crippen LogP contribution in [-0.2, 0) is 4.74 Å². The van der Waals surface area contributed by atoms with E-state index < -0.39 is 0 Å². The molecule has 0 spiro atoms. The van der Waals surface area contributed by atoms with E-state index in [9.17, 15) is 0 Å². The highest BCUT2D eigenvalue weighted by Gasteiger charge is 2.06. The standard InChI is InChI=1S/C16H27N3O3/c1-17-16(18-10-6-5-7-11-20-2)19-13-8-9-14(21-3)15(12-13)22-4/h8-9,12H,5-7,10-11H2,1-4H3,(H2,17,18,19). The zero-order valence-corrected chi connectivity index (χ0v) is 13.9. The number of hydrogen-bond donors (Lipinski definition) is 2. The molecule has 0 saturated heterocycles. The van der Waals surface area contributed by atoms with Crippen LogP contribution in [0, 0.1) is 0 Å². The minimum absolute atomic E-state index is 0.683. The molecular formula is C16H27N3O3. The molecule has 0 aliphatic rings. The van der Waals surface area contributed by atoms with E-state index in [1.54, 1.807) is 28.4 Å². The van der Waals surface area contributed by atoms with Crippen molar-refractivity contribution >= 4 is 11.6 Å². The number of anilines is 1. The Hall–Kier alpha value is -1.95. The smallest absolute Gasteiger partial charge is 0.195 e. The minimum atomic E-state index is 0.683. The van der Waals surface area contributed by atoms with Gasteiger partial charge in [0.1, 0.15) is 0 Å². The first-order chi connectivity index (χ1) is 10.7. The summed E-state index contributed by atoms with van der Waals surface area (Å²) in [5, 5.41) is 6.52.